The monoisotopic (exact) mass is 412 g/mol. The molecule has 31 heavy (non-hydrogen) atoms. The van der Waals surface area contributed by atoms with Gasteiger partial charge in [-0.15, -0.1) is 0 Å². The maximum Gasteiger partial charge on any atom is 0.292 e. The van der Waals surface area contributed by atoms with Gasteiger partial charge in [0.05, 0.1) is 10.6 Å². The molecule has 1 heterocycles. The van der Waals surface area contributed by atoms with E-state index >= 15 is 0 Å². The van der Waals surface area contributed by atoms with E-state index in [2.05, 4.69) is 25.7 Å². The molecule has 0 saturated carbocycles. The highest BCUT2D eigenvalue weighted by Gasteiger charge is 2.16. The van der Waals surface area contributed by atoms with Gasteiger partial charge in [-0.05, 0) is 12.1 Å². The van der Waals surface area contributed by atoms with Gasteiger partial charge in [0.2, 0.25) is 0 Å². The third-order valence-electron chi connectivity index (χ3n) is 4.37. The molecule has 0 amide bonds. The number of H-pyrrole nitrogens is 1. The average Bonchev–Trinajstić information content (AvgIpc) is 2.82. The minimum absolute atomic E-state index is 0.0300. The number of nitrogens with zero attached hydrogens (tertiary/aromatic N) is 4. The van der Waals surface area contributed by atoms with E-state index in [4.69, 9.17) is 0 Å². The Bertz CT molecular complexity index is 1290. The van der Waals surface area contributed by atoms with Gasteiger partial charge in [0.15, 0.2) is 11.5 Å². The predicted octanol–water partition coefficient (Wildman–Crippen LogP) is 3.60. The SMILES string of the molecule is O=c1[nH]nc(-c2ccccc2)nc1C(=NNc1ccc([N+](=O)[O-])cc1)c1ccccc1. The lowest BCUT2D eigenvalue weighted by molar-refractivity contribution is -0.384. The summed E-state index contributed by atoms with van der Waals surface area (Å²) in [6, 6.07) is 24.2. The number of anilines is 1. The summed E-state index contributed by atoms with van der Waals surface area (Å²) in [6.45, 7) is 0. The summed E-state index contributed by atoms with van der Waals surface area (Å²) < 4.78 is 0. The first-order valence-corrected chi connectivity index (χ1v) is 9.28. The van der Waals surface area contributed by atoms with Crippen LogP contribution in [0, 0.1) is 10.1 Å². The number of hydrazone groups is 1. The zero-order valence-corrected chi connectivity index (χ0v) is 16.1. The summed E-state index contributed by atoms with van der Waals surface area (Å²) in [5.74, 6) is 0.356. The van der Waals surface area contributed by atoms with Gasteiger partial charge in [-0.3, -0.25) is 20.3 Å². The standard InChI is InChI=1S/C22H16N6O3/c29-22-20(23-21(26-27-22)16-9-5-2-6-10-16)19(15-7-3-1-4-8-15)25-24-17-11-13-18(14-12-17)28(30)31/h1-14,24H,(H,27,29). The van der Waals surface area contributed by atoms with Gasteiger partial charge in [0.1, 0.15) is 5.71 Å². The molecular weight excluding hydrogens is 396 g/mol. The molecule has 2 N–H and O–H groups in total. The molecule has 0 spiro atoms. The second-order valence-electron chi connectivity index (χ2n) is 6.44. The van der Waals surface area contributed by atoms with Crippen molar-refractivity contribution in [2.45, 2.75) is 0 Å². The lowest BCUT2D eigenvalue weighted by Crippen LogP contribution is -2.24. The number of aromatic amines is 1. The molecule has 152 valence electrons. The van der Waals surface area contributed by atoms with Gasteiger partial charge in [0, 0.05) is 23.3 Å². The van der Waals surface area contributed by atoms with Crippen LogP contribution in [0.15, 0.2) is 94.8 Å². The van der Waals surface area contributed by atoms with Gasteiger partial charge < -0.3 is 0 Å². The Morgan fingerprint density at radius 1 is 0.935 bits per heavy atom. The van der Waals surface area contributed by atoms with Crippen LogP contribution in [0.25, 0.3) is 11.4 Å². The fourth-order valence-electron chi connectivity index (χ4n) is 2.84. The summed E-state index contributed by atoms with van der Waals surface area (Å²) in [4.78, 5) is 27.4. The van der Waals surface area contributed by atoms with E-state index in [-0.39, 0.29) is 11.4 Å². The molecule has 1 aromatic heterocycles. The van der Waals surface area contributed by atoms with Gasteiger partial charge in [0.25, 0.3) is 11.2 Å². The Balaban J connectivity index is 1.76. The number of benzene rings is 3. The van der Waals surface area contributed by atoms with Crippen LogP contribution >= 0.6 is 0 Å². The van der Waals surface area contributed by atoms with Crippen molar-refractivity contribution in [3.05, 3.63) is 117 Å². The first-order chi connectivity index (χ1) is 15.1. The lowest BCUT2D eigenvalue weighted by Gasteiger charge is -2.08. The maximum absolute atomic E-state index is 12.6. The van der Waals surface area contributed by atoms with Gasteiger partial charge in [-0.2, -0.15) is 10.2 Å². The first-order valence-electron chi connectivity index (χ1n) is 9.28. The second-order valence-corrected chi connectivity index (χ2v) is 6.44. The van der Waals surface area contributed by atoms with E-state index in [9.17, 15) is 14.9 Å². The fourth-order valence-corrected chi connectivity index (χ4v) is 2.84. The number of aromatic nitrogens is 3. The minimum Gasteiger partial charge on any atom is -0.278 e. The summed E-state index contributed by atoms with van der Waals surface area (Å²) in [5, 5.41) is 21.8. The van der Waals surface area contributed by atoms with Crippen LogP contribution in [0.3, 0.4) is 0 Å². The number of nitro benzene ring substituents is 1. The summed E-state index contributed by atoms with van der Waals surface area (Å²) in [7, 11) is 0. The highest BCUT2D eigenvalue weighted by molar-refractivity contribution is 6.11. The first kappa shape index (κ1) is 19.6. The molecular formula is C22H16N6O3. The molecule has 3 aromatic carbocycles. The van der Waals surface area contributed by atoms with Crippen LogP contribution in [-0.4, -0.2) is 25.8 Å². The van der Waals surface area contributed by atoms with Crippen LogP contribution in [0.5, 0.6) is 0 Å². The van der Waals surface area contributed by atoms with E-state index in [1.807, 2.05) is 48.5 Å². The van der Waals surface area contributed by atoms with Crippen molar-refractivity contribution in [1.29, 1.82) is 0 Å². The highest BCUT2D eigenvalue weighted by Crippen LogP contribution is 2.17. The van der Waals surface area contributed by atoms with Crippen molar-refractivity contribution in [2.24, 2.45) is 5.10 Å². The zero-order valence-electron chi connectivity index (χ0n) is 16.1. The van der Waals surface area contributed by atoms with Crippen LogP contribution < -0.4 is 11.0 Å². The third kappa shape index (κ3) is 4.51. The molecule has 9 heteroatoms. The van der Waals surface area contributed by atoms with E-state index in [1.54, 1.807) is 12.1 Å². The molecule has 9 nitrogen and oxygen atoms in total. The maximum atomic E-state index is 12.6. The van der Waals surface area contributed by atoms with E-state index < -0.39 is 10.5 Å². The normalized spacial score (nSPS) is 11.2. The summed E-state index contributed by atoms with van der Waals surface area (Å²) in [5.41, 5.74) is 4.66. The van der Waals surface area contributed by atoms with Crippen LogP contribution in [0.1, 0.15) is 11.3 Å². The van der Waals surface area contributed by atoms with E-state index in [1.165, 1.54) is 24.3 Å². The van der Waals surface area contributed by atoms with Crippen molar-refractivity contribution < 1.29 is 4.92 Å². The molecule has 0 aliphatic carbocycles. The smallest absolute Gasteiger partial charge is 0.278 e. The van der Waals surface area contributed by atoms with Crippen molar-refractivity contribution in [3.63, 3.8) is 0 Å². The molecule has 0 atom stereocenters. The number of nitrogens with one attached hydrogen (secondary N) is 2. The van der Waals surface area contributed by atoms with Crippen LogP contribution in [-0.2, 0) is 0 Å². The molecule has 0 fully saturated rings. The average molecular weight is 412 g/mol. The second kappa shape index (κ2) is 8.78. The number of nitro groups is 1. The lowest BCUT2D eigenvalue weighted by atomic mass is 10.1. The minimum atomic E-state index is -0.493. The molecule has 0 radical (unpaired) electrons. The quantitative estimate of drug-likeness (QED) is 0.283. The largest absolute Gasteiger partial charge is 0.292 e. The summed E-state index contributed by atoms with van der Waals surface area (Å²) >= 11 is 0. The molecule has 0 bridgehead atoms. The van der Waals surface area contributed by atoms with Crippen molar-refractivity contribution in [2.75, 3.05) is 5.43 Å². The van der Waals surface area contributed by atoms with Crippen molar-refractivity contribution >= 4 is 17.1 Å². The van der Waals surface area contributed by atoms with Gasteiger partial charge in [-0.25, -0.2) is 10.1 Å². The number of hydrogen-bond acceptors (Lipinski definition) is 7. The highest BCUT2D eigenvalue weighted by atomic mass is 16.6. The molecule has 4 aromatic rings. The fraction of sp³-hybridized carbons (Fsp3) is 0. The van der Waals surface area contributed by atoms with Crippen LogP contribution in [0.4, 0.5) is 11.4 Å². The number of rotatable bonds is 6. The topological polar surface area (TPSA) is 126 Å². The van der Waals surface area contributed by atoms with Crippen molar-refractivity contribution in [1.82, 2.24) is 15.2 Å². The predicted molar refractivity (Wildman–Crippen MR) is 117 cm³/mol. The van der Waals surface area contributed by atoms with Gasteiger partial charge >= 0.3 is 0 Å². The molecule has 0 aliphatic rings. The Labute approximate surface area is 176 Å². The van der Waals surface area contributed by atoms with Crippen LogP contribution in [0.2, 0.25) is 0 Å². The van der Waals surface area contributed by atoms with Crippen molar-refractivity contribution in [3.8, 4) is 11.4 Å². The Morgan fingerprint density at radius 2 is 1.58 bits per heavy atom. The van der Waals surface area contributed by atoms with E-state index in [0.717, 1.165) is 5.56 Å². The Kier molecular flexibility index (Phi) is 5.57. The zero-order chi connectivity index (χ0) is 21.6. The number of hydrogen-bond donors (Lipinski definition) is 2. The molecule has 4 rings (SSSR count). The molecule has 0 aliphatic heterocycles. The Hall–Kier alpha value is -4.66. The molecule has 0 unspecified atom stereocenters. The molecule has 0 saturated heterocycles. The Morgan fingerprint density at radius 3 is 2.23 bits per heavy atom. The van der Waals surface area contributed by atoms with E-state index in [0.29, 0.717) is 22.8 Å². The van der Waals surface area contributed by atoms with Gasteiger partial charge in [-0.1, -0.05) is 60.7 Å². The number of non-ortho nitro benzene ring substituents is 1. The summed E-state index contributed by atoms with van der Waals surface area (Å²) in [6.07, 6.45) is 0. The third-order valence-corrected chi connectivity index (χ3v) is 4.37.